The molecule has 1 fully saturated rings. The van der Waals surface area contributed by atoms with Gasteiger partial charge in [-0.1, -0.05) is 0 Å². The van der Waals surface area contributed by atoms with Gasteiger partial charge in [0.05, 0.1) is 12.0 Å². The van der Waals surface area contributed by atoms with Gasteiger partial charge in [-0.2, -0.15) is 0 Å². The molecule has 1 aliphatic rings. The third-order valence-corrected chi connectivity index (χ3v) is 3.31. The highest BCUT2D eigenvalue weighted by Crippen LogP contribution is 2.23. The van der Waals surface area contributed by atoms with Gasteiger partial charge in [0.1, 0.15) is 5.75 Å². The van der Waals surface area contributed by atoms with Crippen LogP contribution in [0.4, 0.5) is 0 Å². The third kappa shape index (κ3) is 1.75. The molecule has 2 heterocycles. The Labute approximate surface area is 87.3 Å². The Hall–Kier alpha value is -1.03. The minimum absolute atomic E-state index is 0.149. The molecule has 1 aromatic heterocycles. The predicted molar refractivity (Wildman–Crippen MR) is 56.0 cm³/mol. The van der Waals surface area contributed by atoms with Gasteiger partial charge in [0, 0.05) is 24.5 Å². The van der Waals surface area contributed by atoms with Crippen molar-refractivity contribution in [1.29, 1.82) is 0 Å². The number of carbonyl (C=O) groups is 1. The molecule has 0 aromatic carbocycles. The molecule has 1 saturated heterocycles. The first-order valence-corrected chi connectivity index (χ1v) is 5.61. The van der Waals surface area contributed by atoms with Crippen LogP contribution in [0.25, 0.3) is 0 Å². The fourth-order valence-electron chi connectivity index (χ4n) is 1.61. The number of nitrogens with zero attached hydrogens (tertiary/aromatic N) is 1. The lowest BCUT2D eigenvalue weighted by atomic mass is 10.4. The van der Waals surface area contributed by atoms with E-state index in [1.54, 1.807) is 7.11 Å². The molecular weight excluding hydrogens is 198 g/mol. The summed E-state index contributed by atoms with van der Waals surface area (Å²) < 4.78 is 5.05. The number of ether oxygens (including phenoxy) is 1. The Kier molecular flexibility index (Phi) is 2.72. The molecular formula is C10H13NO2S. The van der Waals surface area contributed by atoms with E-state index in [0.717, 1.165) is 36.6 Å². The molecule has 1 aliphatic heterocycles. The van der Waals surface area contributed by atoms with Crippen LogP contribution < -0.4 is 4.74 Å². The quantitative estimate of drug-likeness (QED) is 0.748. The number of hydrogen-bond donors (Lipinski definition) is 0. The summed E-state index contributed by atoms with van der Waals surface area (Å²) in [6, 6.07) is 1.81. The number of amides is 1. The lowest BCUT2D eigenvalue weighted by Crippen LogP contribution is -2.26. The largest absolute Gasteiger partial charge is 0.496 e. The molecule has 0 atom stereocenters. The van der Waals surface area contributed by atoms with E-state index in [1.165, 1.54) is 11.3 Å². The Morgan fingerprint density at radius 2 is 2.21 bits per heavy atom. The SMILES string of the molecule is COc1csc(C(=O)N2CCCC2)c1. The van der Waals surface area contributed by atoms with E-state index in [1.807, 2.05) is 16.3 Å². The molecule has 0 unspecified atom stereocenters. The van der Waals surface area contributed by atoms with Crippen molar-refractivity contribution >= 4 is 17.2 Å². The number of methoxy groups -OCH3 is 1. The van der Waals surface area contributed by atoms with Gasteiger partial charge >= 0.3 is 0 Å². The van der Waals surface area contributed by atoms with Gasteiger partial charge in [0.2, 0.25) is 0 Å². The summed E-state index contributed by atoms with van der Waals surface area (Å²) in [5, 5.41) is 1.86. The van der Waals surface area contributed by atoms with E-state index in [-0.39, 0.29) is 5.91 Å². The summed E-state index contributed by atoms with van der Waals surface area (Å²) in [4.78, 5) is 14.5. The second-order valence-electron chi connectivity index (χ2n) is 3.35. The number of thiophene rings is 1. The average molecular weight is 211 g/mol. The van der Waals surface area contributed by atoms with Crippen molar-refractivity contribution in [1.82, 2.24) is 4.90 Å². The van der Waals surface area contributed by atoms with Crippen LogP contribution in [0.2, 0.25) is 0 Å². The molecule has 1 aromatic rings. The van der Waals surface area contributed by atoms with Crippen LogP contribution in [-0.2, 0) is 0 Å². The first kappa shape index (κ1) is 9.52. The monoisotopic (exact) mass is 211 g/mol. The number of rotatable bonds is 2. The second kappa shape index (κ2) is 4.00. The van der Waals surface area contributed by atoms with E-state index < -0.39 is 0 Å². The predicted octanol–water partition coefficient (Wildman–Crippen LogP) is 1.99. The van der Waals surface area contributed by atoms with Gasteiger partial charge in [-0.25, -0.2) is 0 Å². The first-order valence-electron chi connectivity index (χ1n) is 4.73. The van der Waals surface area contributed by atoms with Gasteiger partial charge in [0.25, 0.3) is 5.91 Å². The van der Waals surface area contributed by atoms with E-state index in [2.05, 4.69) is 0 Å². The molecule has 0 spiro atoms. The van der Waals surface area contributed by atoms with Crippen LogP contribution in [-0.4, -0.2) is 31.0 Å². The number of carbonyl (C=O) groups excluding carboxylic acids is 1. The van der Waals surface area contributed by atoms with Crippen LogP contribution >= 0.6 is 11.3 Å². The molecule has 0 bridgehead atoms. The van der Waals surface area contributed by atoms with Crippen LogP contribution in [0, 0.1) is 0 Å². The normalized spacial score (nSPS) is 15.9. The summed E-state index contributed by atoms with van der Waals surface area (Å²) in [6.07, 6.45) is 2.27. The molecule has 0 aliphatic carbocycles. The Bertz CT molecular complexity index is 329. The Balaban J connectivity index is 2.09. The lowest BCUT2D eigenvalue weighted by Gasteiger charge is -2.13. The molecule has 14 heavy (non-hydrogen) atoms. The van der Waals surface area contributed by atoms with E-state index in [9.17, 15) is 4.79 Å². The Morgan fingerprint density at radius 3 is 2.79 bits per heavy atom. The van der Waals surface area contributed by atoms with Gasteiger partial charge in [-0.3, -0.25) is 4.79 Å². The molecule has 0 saturated carbocycles. The number of hydrogen-bond acceptors (Lipinski definition) is 3. The summed E-state index contributed by atoms with van der Waals surface area (Å²) >= 11 is 1.45. The zero-order valence-electron chi connectivity index (χ0n) is 8.16. The molecule has 0 radical (unpaired) electrons. The topological polar surface area (TPSA) is 29.5 Å². The maximum Gasteiger partial charge on any atom is 0.264 e. The van der Waals surface area contributed by atoms with E-state index >= 15 is 0 Å². The second-order valence-corrected chi connectivity index (χ2v) is 4.26. The maximum atomic E-state index is 11.9. The molecule has 1 amide bonds. The van der Waals surface area contributed by atoms with Crippen molar-refractivity contribution in [2.75, 3.05) is 20.2 Å². The van der Waals surface area contributed by atoms with Crippen molar-refractivity contribution in [3.05, 3.63) is 16.3 Å². The van der Waals surface area contributed by atoms with Gasteiger partial charge in [-0.15, -0.1) is 11.3 Å². The minimum Gasteiger partial charge on any atom is -0.496 e. The van der Waals surface area contributed by atoms with Crippen LogP contribution in [0.1, 0.15) is 22.5 Å². The zero-order chi connectivity index (χ0) is 9.97. The highest BCUT2D eigenvalue weighted by molar-refractivity contribution is 7.12. The van der Waals surface area contributed by atoms with Crippen LogP contribution in [0.5, 0.6) is 5.75 Å². The Morgan fingerprint density at radius 1 is 1.50 bits per heavy atom. The van der Waals surface area contributed by atoms with Gasteiger partial charge in [0.15, 0.2) is 0 Å². The smallest absolute Gasteiger partial charge is 0.264 e. The highest BCUT2D eigenvalue weighted by atomic mass is 32.1. The van der Waals surface area contributed by atoms with Crippen molar-refractivity contribution in [3.63, 3.8) is 0 Å². The van der Waals surface area contributed by atoms with Gasteiger partial charge in [-0.05, 0) is 12.8 Å². The minimum atomic E-state index is 0.149. The summed E-state index contributed by atoms with van der Waals surface area (Å²) in [5.74, 6) is 0.924. The number of likely N-dealkylation sites (tertiary alicyclic amines) is 1. The van der Waals surface area contributed by atoms with E-state index in [4.69, 9.17) is 4.74 Å². The molecule has 2 rings (SSSR count). The van der Waals surface area contributed by atoms with Crippen molar-refractivity contribution in [3.8, 4) is 5.75 Å². The summed E-state index contributed by atoms with van der Waals surface area (Å²) in [7, 11) is 1.62. The molecule has 0 N–H and O–H groups in total. The van der Waals surface area contributed by atoms with Crippen LogP contribution in [0.3, 0.4) is 0 Å². The van der Waals surface area contributed by atoms with Crippen molar-refractivity contribution in [2.24, 2.45) is 0 Å². The van der Waals surface area contributed by atoms with E-state index in [0.29, 0.717) is 0 Å². The van der Waals surface area contributed by atoms with Gasteiger partial charge < -0.3 is 9.64 Å². The molecule has 76 valence electrons. The summed E-state index contributed by atoms with van der Waals surface area (Å²) in [6.45, 7) is 1.80. The fourth-order valence-corrected chi connectivity index (χ4v) is 2.44. The fraction of sp³-hybridized carbons (Fsp3) is 0.500. The standard InChI is InChI=1S/C10H13NO2S/c1-13-8-6-9(14-7-8)10(12)11-4-2-3-5-11/h6-7H,2-5H2,1H3. The van der Waals surface area contributed by atoms with Crippen molar-refractivity contribution in [2.45, 2.75) is 12.8 Å². The van der Waals surface area contributed by atoms with Crippen LogP contribution in [0.15, 0.2) is 11.4 Å². The maximum absolute atomic E-state index is 11.9. The zero-order valence-corrected chi connectivity index (χ0v) is 8.97. The summed E-state index contributed by atoms with van der Waals surface area (Å²) in [5.41, 5.74) is 0. The molecule has 4 heteroatoms. The van der Waals surface area contributed by atoms with Crippen molar-refractivity contribution < 1.29 is 9.53 Å². The third-order valence-electron chi connectivity index (χ3n) is 2.42. The highest BCUT2D eigenvalue weighted by Gasteiger charge is 2.20. The lowest BCUT2D eigenvalue weighted by molar-refractivity contribution is 0.0797. The molecule has 3 nitrogen and oxygen atoms in total. The average Bonchev–Trinajstić information content (AvgIpc) is 2.88. The first-order chi connectivity index (χ1) is 6.81.